The van der Waals surface area contributed by atoms with Gasteiger partial charge in [-0.2, -0.15) is 0 Å². The van der Waals surface area contributed by atoms with Gasteiger partial charge in [-0.15, -0.1) is 0 Å². The molecule has 0 N–H and O–H groups in total. The second-order valence-corrected chi connectivity index (χ2v) is 2.60. The first-order valence-electron chi connectivity index (χ1n) is 3.68. The maximum Gasteiger partial charge on any atom is 0.243 e. The highest BCUT2D eigenvalue weighted by Gasteiger charge is 2.01. The molecule has 1 aromatic rings. The molecular weight excluding hydrogens is 173 g/mol. The van der Waals surface area contributed by atoms with Crippen LogP contribution < -0.4 is 0 Å². The van der Waals surface area contributed by atoms with Gasteiger partial charge in [0, 0.05) is 13.0 Å². The van der Waals surface area contributed by atoms with Crippen LogP contribution in [-0.2, 0) is 0 Å². The third kappa shape index (κ3) is 2.66. The molecule has 0 aliphatic carbocycles. The van der Waals surface area contributed by atoms with Crippen molar-refractivity contribution in [3.63, 3.8) is 0 Å². The molecule has 4 heteroatoms. The first-order chi connectivity index (χ1) is 6.09. The van der Waals surface area contributed by atoms with Crippen molar-refractivity contribution >= 4 is 6.08 Å². The second kappa shape index (κ2) is 3.80. The summed E-state index contributed by atoms with van der Waals surface area (Å²) in [6.07, 6.45) is 1.32. The van der Waals surface area contributed by atoms with E-state index in [-0.39, 0.29) is 5.70 Å². The van der Waals surface area contributed by atoms with Gasteiger partial charge in [-0.05, 0) is 17.7 Å². The van der Waals surface area contributed by atoms with E-state index in [1.807, 2.05) is 0 Å². The first kappa shape index (κ1) is 9.38. The van der Waals surface area contributed by atoms with E-state index < -0.39 is 10.7 Å². The molecule has 0 bridgehead atoms. The Morgan fingerprint density at radius 3 is 2.85 bits per heavy atom. The van der Waals surface area contributed by atoms with E-state index in [1.54, 1.807) is 6.07 Å². The molecule has 0 unspecified atom stereocenters. The van der Waals surface area contributed by atoms with E-state index in [1.165, 1.54) is 31.2 Å². The average Bonchev–Trinajstić information content (AvgIpc) is 2.04. The molecule has 0 amide bonds. The van der Waals surface area contributed by atoms with Gasteiger partial charge in [0.15, 0.2) is 0 Å². The van der Waals surface area contributed by atoms with Gasteiger partial charge < -0.3 is 0 Å². The van der Waals surface area contributed by atoms with Gasteiger partial charge in [-0.1, -0.05) is 12.1 Å². The van der Waals surface area contributed by atoms with Crippen LogP contribution in [0, 0.1) is 15.9 Å². The number of benzene rings is 1. The average molecular weight is 181 g/mol. The van der Waals surface area contributed by atoms with E-state index in [0.717, 1.165) is 0 Å². The Morgan fingerprint density at radius 1 is 1.62 bits per heavy atom. The molecule has 0 heterocycles. The summed E-state index contributed by atoms with van der Waals surface area (Å²) in [4.78, 5) is 9.72. The molecule has 68 valence electrons. The predicted molar refractivity (Wildman–Crippen MR) is 47.0 cm³/mol. The van der Waals surface area contributed by atoms with Crippen LogP contribution in [0.1, 0.15) is 12.5 Å². The fourth-order valence-corrected chi connectivity index (χ4v) is 0.890. The van der Waals surface area contributed by atoms with Gasteiger partial charge in [-0.3, -0.25) is 10.1 Å². The first-order valence-corrected chi connectivity index (χ1v) is 3.68. The van der Waals surface area contributed by atoms with E-state index in [2.05, 4.69) is 0 Å². The fraction of sp³-hybridized carbons (Fsp3) is 0.111. The highest BCUT2D eigenvalue weighted by atomic mass is 19.1. The van der Waals surface area contributed by atoms with Crippen LogP contribution in [0.2, 0.25) is 0 Å². The zero-order valence-electron chi connectivity index (χ0n) is 7.03. The number of nitrogens with zero attached hydrogens (tertiary/aromatic N) is 1. The molecule has 0 aliphatic heterocycles. The minimum atomic E-state index is -0.509. The summed E-state index contributed by atoms with van der Waals surface area (Å²) in [5, 5.41) is 10.2. The van der Waals surface area contributed by atoms with Crippen molar-refractivity contribution in [2.24, 2.45) is 0 Å². The van der Waals surface area contributed by atoms with Crippen molar-refractivity contribution in [2.45, 2.75) is 6.92 Å². The van der Waals surface area contributed by atoms with Crippen molar-refractivity contribution in [1.82, 2.24) is 0 Å². The summed E-state index contributed by atoms with van der Waals surface area (Å²) in [5.41, 5.74) is 0.486. The van der Waals surface area contributed by atoms with E-state index in [9.17, 15) is 14.5 Å². The normalized spacial score (nSPS) is 11.4. The smallest absolute Gasteiger partial charge is 0.243 e. The quantitative estimate of drug-likeness (QED) is 0.519. The van der Waals surface area contributed by atoms with Crippen LogP contribution >= 0.6 is 0 Å². The van der Waals surface area contributed by atoms with Gasteiger partial charge in [-0.25, -0.2) is 4.39 Å². The molecule has 0 saturated carbocycles. The Labute approximate surface area is 74.7 Å². The summed E-state index contributed by atoms with van der Waals surface area (Å²) in [5.74, 6) is -0.398. The Bertz CT molecular complexity index is 360. The zero-order chi connectivity index (χ0) is 9.84. The maximum absolute atomic E-state index is 12.6. The lowest BCUT2D eigenvalue weighted by atomic mass is 10.2. The van der Waals surface area contributed by atoms with E-state index >= 15 is 0 Å². The highest BCUT2D eigenvalue weighted by Crippen LogP contribution is 2.08. The lowest BCUT2D eigenvalue weighted by molar-refractivity contribution is -0.422. The number of rotatable bonds is 2. The van der Waals surface area contributed by atoms with Crippen molar-refractivity contribution in [2.75, 3.05) is 0 Å². The zero-order valence-corrected chi connectivity index (χ0v) is 7.03. The van der Waals surface area contributed by atoms with Crippen LogP contribution in [0.15, 0.2) is 30.0 Å². The molecule has 0 saturated heterocycles. The monoisotopic (exact) mass is 181 g/mol. The predicted octanol–water partition coefficient (Wildman–Crippen LogP) is 2.46. The van der Waals surface area contributed by atoms with Crippen molar-refractivity contribution < 1.29 is 9.31 Å². The summed E-state index contributed by atoms with van der Waals surface area (Å²) >= 11 is 0. The highest BCUT2D eigenvalue weighted by molar-refractivity contribution is 5.50. The molecule has 13 heavy (non-hydrogen) atoms. The van der Waals surface area contributed by atoms with Gasteiger partial charge in [0.05, 0.1) is 4.92 Å². The number of nitro groups is 1. The topological polar surface area (TPSA) is 43.1 Å². The number of hydrogen-bond acceptors (Lipinski definition) is 2. The molecule has 1 aromatic carbocycles. The van der Waals surface area contributed by atoms with Gasteiger partial charge in [0.2, 0.25) is 5.70 Å². The number of allylic oxidation sites excluding steroid dienone is 1. The Balaban J connectivity index is 2.97. The summed E-state index contributed by atoms with van der Waals surface area (Å²) in [7, 11) is 0. The van der Waals surface area contributed by atoms with Crippen LogP contribution in [-0.4, -0.2) is 4.92 Å². The molecule has 0 atom stereocenters. The number of hydrogen-bond donors (Lipinski definition) is 0. The Hall–Kier alpha value is -1.71. The minimum absolute atomic E-state index is 0.00870. The third-order valence-electron chi connectivity index (χ3n) is 1.51. The van der Waals surface area contributed by atoms with Crippen molar-refractivity contribution in [3.05, 3.63) is 51.5 Å². The summed E-state index contributed by atoms with van der Waals surface area (Å²) in [6.45, 7) is 1.37. The second-order valence-electron chi connectivity index (χ2n) is 2.60. The van der Waals surface area contributed by atoms with Gasteiger partial charge >= 0.3 is 0 Å². The van der Waals surface area contributed by atoms with Gasteiger partial charge in [0.25, 0.3) is 0 Å². The van der Waals surface area contributed by atoms with Crippen LogP contribution in [0.25, 0.3) is 6.08 Å². The Kier molecular flexibility index (Phi) is 2.74. The molecule has 0 aromatic heterocycles. The van der Waals surface area contributed by atoms with E-state index in [4.69, 9.17) is 0 Å². The summed E-state index contributed by atoms with van der Waals surface area (Å²) in [6, 6.07) is 5.65. The lowest BCUT2D eigenvalue weighted by Gasteiger charge is -1.93. The van der Waals surface area contributed by atoms with E-state index in [0.29, 0.717) is 5.56 Å². The SMILES string of the molecule is C/C(=C/c1cccc(F)c1)[N+](=O)[O-]. The van der Waals surface area contributed by atoms with Crippen LogP contribution in [0.5, 0.6) is 0 Å². The van der Waals surface area contributed by atoms with Gasteiger partial charge in [0.1, 0.15) is 5.82 Å². The lowest BCUT2D eigenvalue weighted by Crippen LogP contribution is -1.92. The summed E-state index contributed by atoms with van der Waals surface area (Å²) < 4.78 is 12.6. The van der Waals surface area contributed by atoms with Crippen LogP contribution in [0.4, 0.5) is 4.39 Å². The molecule has 1 rings (SSSR count). The largest absolute Gasteiger partial charge is 0.259 e. The molecule has 0 spiro atoms. The maximum atomic E-state index is 12.6. The Morgan fingerprint density at radius 2 is 2.31 bits per heavy atom. The molecule has 0 radical (unpaired) electrons. The van der Waals surface area contributed by atoms with Crippen molar-refractivity contribution in [3.8, 4) is 0 Å². The molecule has 3 nitrogen and oxygen atoms in total. The standard InChI is InChI=1S/C9H8FNO2/c1-7(11(12)13)5-8-3-2-4-9(10)6-8/h2-6H,1H3/b7-5-. The molecular formula is C9H8FNO2. The molecule has 0 aliphatic rings. The number of halogens is 1. The molecule has 0 fully saturated rings. The van der Waals surface area contributed by atoms with Crippen molar-refractivity contribution in [1.29, 1.82) is 0 Å². The fourth-order valence-electron chi connectivity index (χ4n) is 0.890. The van der Waals surface area contributed by atoms with Crippen LogP contribution in [0.3, 0.4) is 0 Å². The third-order valence-corrected chi connectivity index (χ3v) is 1.51. The minimum Gasteiger partial charge on any atom is -0.259 e.